The van der Waals surface area contributed by atoms with Crippen molar-refractivity contribution in [3.05, 3.63) is 35.4 Å². The molecule has 0 saturated heterocycles. The average molecular weight is 285 g/mol. The quantitative estimate of drug-likeness (QED) is 0.800. The van der Waals surface area contributed by atoms with Gasteiger partial charge in [-0.05, 0) is 31.4 Å². The summed E-state index contributed by atoms with van der Waals surface area (Å²) >= 11 is 0. The highest BCUT2D eigenvalue weighted by Gasteiger charge is 2.17. The van der Waals surface area contributed by atoms with Gasteiger partial charge in [-0.15, -0.1) is 0 Å². The Labute approximate surface area is 113 Å². The Balaban J connectivity index is 2.63. The summed E-state index contributed by atoms with van der Waals surface area (Å²) < 4.78 is 26.2. The average Bonchev–Trinajstić information content (AvgIpc) is 2.27. The van der Waals surface area contributed by atoms with E-state index < -0.39 is 16.0 Å². The highest BCUT2D eigenvalue weighted by atomic mass is 32.2. The molecular formula is C13H19NO4S. The Bertz CT molecular complexity index is 539. The fourth-order valence-electron chi connectivity index (χ4n) is 1.88. The molecule has 1 atom stereocenters. The lowest BCUT2D eigenvalue weighted by molar-refractivity contribution is -0.137. The lowest BCUT2D eigenvalue weighted by atomic mass is 10.0. The van der Waals surface area contributed by atoms with Gasteiger partial charge in [-0.25, -0.2) is 13.1 Å². The maximum Gasteiger partial charge on any atom is 0.303 e. The van der Waals surface area contributed by atoms with Crippen molar-refractivity contribution >= 4 is 16.0 Å². The van der Waals surface area contributed by atoms with Crippen LogP contribution < -0.4 is 4.72 Å². The Hall–Kier alpha value is -1.40. The Morgan fingerprint density at radius 3 is 2.58 bits per heavy atom. The molecule has 0 aliphatic rings. The zero-order valence-corrected chi connectivity index (χ0v) is 11.9. The van der Waals surface area contributed by atoms with Gasteiger partial charge in [0.05, 0.1) is 5.75 Å². The van der Waals surface area contributed by atoms with Gasteiger partial charge in [-0.3, -0.25) is 4.79 Å². The highest BCUT2D eigenvalue weighted by Crippen LogP contribution is 2.17. The third-order valence-electron chi connectivity index (χ3n) is 2.82. The third kappa shape index (κ3) is 5.40. The predicted molar refractivity (Wildman–Crippen MR) is 73.4 cm³/mol. The van der Waals surface area contributed by atoms with Crippen LogP contribution in [0.5, 0.6) is 0 Å². The lowest BCUT2D eigenvalue weighted by Crippen LogP contribution is -2.29. The van der Waals surface area contributed by atoms with Gasteiger partial charge in [0, 0.05) is 12.5 Å². The minimum atomic E-state index is -3.45. The topological polar surface area (TPSA) is 83.5 Å². The van der Waals surface area contributed by atoms with E-state index in [9.17, 15) is 13.2 Å². The fraction of sp³-hybridized carbons (Fsp3) is 0.462. The molecule has 1 aromatic carbocycles. The van der Waals surface area contributed by atoms with Gasteiger partial charge in [0.1, 0.15) is 0 Å². The van der Waals surface area contributed by atoms with Crippen LogP contribution >= 0.6 is 0 Å². The molecule has 0 aromatic heterocycles. The van der Waals surface area contributed by atoms with Gasteiger partial charge >= 0.3 is 5.97 Å². The summed E-state index contributed by atoms with van der Waals surface area (Å²) in [6, 6.07) is 7.23. The number of hydrogen-bond donors (Lipinski definition) is 2. The van der Waals surface area contributed by atoms with Crippen LogP contribution in [0.4, 0.5) is 0 Å². The van der Waals surface area contributed by atoms with Crippen molar-refractivity contribution < 1.29 is 18.3 Å². The van der Waals surface area contributed by atoms with E-state index in [0.717, 1.165) is 11.1 Å². The van der Waals surface area contributed by atoms with E-state index in [4.69, 9.17) is 5.11 Å². The molecule has 0 radical (unpaired) electrons. The summed E-state index contributed by atoms with van der Waals surface area (Å²) in [6.45, 7) is 3.70. The van der Waals surface area contributed by atoms with Crippen LogP contribution in [0.2, 0.25) is 0 Å². The second-order valence-corrected chi connectivity index (χ2v) is 6.39. The maximum atomic E-state index is 11.8. The van der Waals surface area contributed by atoms with Crippen LogP contribution in [0.1, 0.15) is 36.9 Å². The molecule has 0 heterocycles. The van der Waals surface area contributed by atoms with Crippen LogP contribution in [0.15, 0.2) is 24.3 Å². The number of carboxylic acid groups (broad SMARTS) is 1. The first kappa shape index (κ1) is 15.7. The second kappa shape index (κ2) is 6.68. The Morgan fingerprint density at radius 1 is 1.37 bits per heavy atom. The minimum Gasteiger partial charge on any atom is -0.481 e. The zero-order chi connectivity index (χ0) is 14.5. The molecule has 1 aromatic rings. The number of aryl methyl sites for hydroxylation is 1. The first-order valence-corrected chi connectivity index (χ1v) is 7.74. The molecule has 0 fully saturated rings. The van der Waals surface area contributed by atoms with E-state index in [1.165, 1.54) is 0 Å². The first-order valence-electron chi connectivity index (χ1n) is 6.09. The van der Waals surface area contributed by atoms with Crippen LogP contribution in [0, 0.1) is 6.92 Å². The molecule has 0 aliphatic heterocycles. The number of nitrogens with one attached hydrogen (secondary N) is 1. The van der Waals surface area contributed by atoms with E-state index in [1.807, 2.05) is 31.2 Å². The van der Waals surface area contributed by atoms with Crippen LogP contribution in [0.3, 0.4) is 0 Å². The van der Waals surface area contributed by atoms with Gasteiger partial charge in [-0.1, -0.05) is 24.3 Å². The summed E-state index contributed by atoms with van der Waals surface area (Å²) in [5.41, 5.74) is 1.94. The van der Waals surface area contributed by atoms with Crippen LogP contribution in [-0.4, -0.2) is 25.2 Å². The molecule has 19 heavy (non-hydrogen) atoms. The van der Waals surface area contributed by atoms with Crippen molar-refractivity contribution in [2.45, 2.75) is 32.7 Å². The highest BCUT2D eigenvalue weighted by molar-refractivity contribution is 7.89. The molecular weight excluding hydrogens is 266 g/mol. The van der Waals surface area contributed by atoms with E-state index in [1.54, 1.807) is 6.92 Å². The fourth-order valence-corrected chi connectivity index (χ4v) is 3.19. The van der Waals surface area contributed by atoms with E-state index >= 15 is 0 Å². The number of rotatable bonds is 7. The van der Waals surface area contributed by atoms with Crippen molar-refractivity contribution in [2.75, 3.05) is 5.75 Å². The number of benzene rings is 1. The van der Waals surface area contributed by atoms with Gasteiger partial charge in [0.25, 0.3) is 0 Å². The lowest BCUT2D eigenvalue weighted by Gasteiger charge is -2.16. The molecule has 0 saturated carbocycles. The Kier molecular flexibility index (Phi) is 5.50. The molecule has 5 nitrogen and oxygen atoms in total. The SMILES string of the molecule is Cc1ccccc1[C@H](C)NS(=O)(=O)CCCC(=O)O. The standard InChI is InChI=1S/C13H19NO4S/c1-10-6-3-4-7-12(10)11(2)14-19(17,18)9-5-8-13(15)16/h3-4,6-7,11,14H,5,8-9H2,1-2H3,(H,15,16)/t11-/m0/s1. The summed E-state index contributed by atoms with van der Waals surface area (Å²) in [6.07, 6.45) is -0.0230. The molecule has 0 unspecified atom stereocenters. The number of hydrogen-bond acceptors (Lipinski definition) is 3. The van der Waals surface area contributed by atoms with Gasteiger partial charge < -0.3 is 5.11 Å². The molecule has 0 amide bonds. The van der Waals surface area contributed by atoms with Crippen molar-refractivity contribution in [3.8, 4) is 0 Å². The molecule has 0 bridgehead atoms. The zero-order valence-electron chi connectivity index (χ0n) is 11.1. The van der Waals surface area contributed by atoms with Gasteiger partial charge in [0.15, 0.2) is 0 Å². The summed E-state index contributed by atoms with van der Waals surface area (Å²) in [7, 11) is -3.45. The smallest absolute Gasteiger partial charge is 0.303 e. The molecule has 0 spiro atoms. The molecule has 2 N–H and O–H groups in total. The minimum absolute atomic E-state index is 0.116. The monoisotopic (exact) mass is 285 g/mol. The number of carbonyl (C=O) groups is 1. The van der Waals surface area contributed by atoms with E-state index in [-0.39, 0.29) is 24.6 Å². The maximum absolute atomic E-state index is 11.8. The molecule has 1 rings (SSSR count). The van der Waals surface area contributed by atoms with Crippen LogP contribution in [-0.2, 0) is 14.8 Å². The molecule has 0 aliphatic carbocycles. The normalized spacial score (nSPS) is 13.2. The third-order valence-corrected chi connectivity index (χ3v) is 4.35. The van der Waals surface area contributed by atoms with Crippen molar-refractivity contribution in [3.63, 3.8) is 0 Å². The molecule has 106 valence electrons. The second-order valence-electron chi connectivity index (χ2n) is 4.51. The van der Waals surface area contributed by atoms with E-state index in [0.29, 0.717) is 0 Å². The first-order chi connectivity index (χ1) is 8.82. The van der Waals surface area contributed by atoms with Crippen LogP contribution in [0.25, 0.3) is 0 Å². The summed E-state index contributed by atoms with van der Waals surface area (Å²) in [4.78, 5) is 10.4. The van der Waals surface area contributed by atoms with Gasteiger partial charge in [-0.2, -0.15) is 0 Å². The number of aliphatic carboxylic acids is 1. The van der Waals surface area contributed by atoms with Crippen molar-refractivity contribution in [2.24, 2.45) is 0 Å². The number of carboxylic acids is 1. The molecule has 6 heteroatoms. The van der Waals surface area contributed by atoms with Crippen molar-refractivity contribution in [1.82, 2.24) is 4.72 Å². The predicted octanol–water partition coefficient (Wildman–Crippen LogP) is 1.84. The Morgan fingerprint density at radius 2 is 2.00 bits per heavy atom. The summed E-state index contributed by atoms with van der Waals surface area (Å²) in [5, 5.41) is 8.49. The van der Waals surface area contributed by atoms with Gasteiger partial charge in [0.2, 0.25) is 10.0 Å². The van der Waals surface area contributed by atoms with Crippen molar-refractivity contribution in [1.29, 1.82) is 0 Å². The van der Waals surface area contributed by atoms with E-state index in [2.05, 4.69) is 4.72 Å². The summed E-state index contributed by atoms with van der Waals surface area (Å²) in [5.74, 6) is -1.16. The largest absolute Gasteiger partial charge is 0.481 e. The number of sulfonamides is 1.